The van der Waals surface area contributed by atoms with Gasteiger partial charge in [-0.25, -0.2) is 0 Å². The fourth-order valence-electron chi connectivity index (χ4n) is 2.43. The lowest BCUT2D eigenvalue weighted by Gasteiger charge is -2.26. The number of carbonyl (C=O) groups is 1. The van der Waals surface area contributed by atoms with E-state index in [4.69, 9.17) is 4.74 Å². The van der Waals surface area contributed by atoms with Gasteiger partial charge in [-0.1, -0.05) is 15.9 Å². The van der Waals surface area contributed by atoms with E-state index >= 15 is 0 Å². The monoisotopic (exact) mass is 539 g/mol. The van der Waals surface area contributed by atoms with Crippen LogP contribution in [0.25, 0.3) is 0 Å². The summed E-state index contributed by atoms with van der Waals surface area (Å²) in [6, 6.07) is 7.52. The van der Waals surface area contributed by atoms with E-state index in [1.54, 1.807) is 7.05 Å². The van der Waals surface area contributed by atoms with Crippen molar-refractivity contribution >= 4 is 57.5 Å². The van der Waals surface area contributed by atoms with E-state index in [2.05, 4.69) is 41.8 Å². The Kier molecular flexibility index (Phi) is 11.8. The van der Waals surface area contributed by atoms with E-state index in [0.29, 0.717) is 18.9 Å². The number of anilines is 1. The first kappa shape index (κ1) is 23.1. The van der Waals surface area contributed by atoms with Crippen molar-refractivity contribution in [1.82, 2.24) is 15.5 Å². The molecule has 0 radical (unpaired) electrons. The zero-order valence-corrected chi connectivity index (χ0v) is 18.9. The molecule has 1 heterocycles. The summed E-state index contributed by atoms with van der Waals surface area (Å²) in [6.45, 7) is 5.85. The maximum Gasteiger partial charge on any atom is 0.226 e. The van der Waals surface area contributed by atoms with Crippen LogP contribution in [0.15, 0.2) is 33.7 Å². The van der Waals surface area contributed by atoms with Crippen LogP contribution in [0.5, 0.6) is 0 Å². The number of amides is 1. The molecular formula is C17H27BrIN5O2. The molecule has 1 aliphatic heterocycles. The molecular weight excluding hydrogens is 513 g/mol. The lowest BCUT2D eigenvalue weighted by molar-refractivity contribution is -0.116. The van der Waals surface area contributed by atoms with Crippen LogP contribution in [0, 0.1) is 0 Å². The van der Waals surface area contributed by atoms with Crippen molar-refractivity contribution in [2.75, 3.05) is 58.3 Å². The van der Waals surface area contributed by atoms with E-state index in [1.165, 1.54) is 0 Å². The molecule has 0 unspecified atom stereocenters. The Morgan fingerprint density at radius 1 is 1.19 bits per heavy atom. The second-order valence-corrected chi connectivity index (χ2v) is 6.60. The third kappa shape index (κ3) is 9.15. The molecule has 2 rings (SSSR count). The molecule has 0 bridgehead atoms. The number of hydrogen-bond donors (Lipinski definition) is 3. The molecule has 1 fully saturated rings. The number of ether oxygens (including phenoxy) is 1. The molecule has 0 saturated carbocycles. The molecule has 7 nitrogen and oxygen atoms in total. The van der Waals surface area contributed by atoms with Gasteiger partial charge in [0.15, 0.2) is 5.96 Å². The topological polar surface area (TPSA) is 78.0 Å². The molecule has 26 heavy (non-hydrogen) atoms. The van der Waals surface area contributed by atoms with Crippen molar-refractivity contribution in [1.29, 1.82) is 0 Å². The fourth-order valence-corrected chi connectivity index (χ4v) is 2.69. The molecule has 0 atom stereocenters. The zero-order valence-electron chi connectivity index (χ0n) is 15.0. The normalized spacial score (nSPS) is 15.1. The molecule has 0 aliphatic carbocycles. The SMILES string of the molecule is CN=C(NCCC(=O)Nc1ccc(Br)cc1)NCCN1CCOCC1.I. The minimum atomic E-state index is -0.0291. The number of hydrogen-bond acceptors (Lipinski definition) is 4. The Morgan fingerprint density at radius 2 is 1.85 bits per heavy atom. The Balaban J connectivity index is 0.00000338. The Bertz CT molecular complexity index is 565. The first-order valence-electron chi connectivity index (χ1n) is 8.47. The second-order valence-electron chi connectivity index (χ2n) is 5.68. The number of rotatable bonds is 7. The maximum absolute atomic E-state index is 11.9. The van der Waals surface area contributed by atoms with Crippen molar-refractivity contribution in [3.63, 3.8) is 0 Å². The highest BCUT2D eigenvalue weighted by atomic mass is 127. The van der Waals surface area contributed by atoms with Gasteiger partial charge in [-0.15, -0.1) is 24.0 Å². The predicted molar refractivity (Wildman–Crippen MR) is 119 cm³/mol. The average Bonchev–Trinajstić information content (AvgIpc) is 2.63. The van der Waals surface area contributed by atoms with Crippen LogP contribution in [0.4, 0.5) is 5.69 Å². The van der Waals surface area contributed by atoms with Crippen molar-refractivity contribution in [2.24, 2.45) is 4.99 Å². The third-order valence-corrected chi connectivity index (χ3v) is 4.35. The van der Waals surface area contributed by atoms with Crippen molar-refractivity contribution in [3.05, 3.63) is 28.7 Å². The summed E-state index contributed by atoms with van der Waals surface area (Å²) in [5.74, 6) is 0.684. The van der Waals surface area contributed by atoms with Gasteiger partial charge in [0.1, 0.15) is 0 Å². The molecule has 0 aromatic heterocycles. The summed E-state index contributed by atoms with van der Waals surface area (Å²) < 4.78 is 6.32. The van der Waals surface area contributed by atoms with E-state index < -0.39 is 0 Å². The number of morpholine rings is 1. The highest BCUT2D eigenvalue weighted by Gasteiger charge is 2.09. The number of nitrogens with zero attached hydrogens (tertiary/aromatic N) is 2. The predicted octanol–water partition coefficient (Wildman–Crippen LogP) is 1.89. The first-order chi connectivity index (χ1) is 12.2. The largest absolute Gasteiger partial charge is 0.379 e. The Morgan fingerprint density at radius 3 is 2.50 bits per heavy atom. The van der Waals surface area contributed by atoms with Crippen LogP contribution < -0.4 is 16.0 Å². The van der Waals surface area contributed by atoms with Gasteiger partial charge in [0, 0.05) is 56.4 Å². The quantitative estimate of drug-likeness (QED) is 0.280. The maximum atomic E-state index is 11.9. The number of halogens is 2. The zero-order chi connectivity index (χ0) is 17.9. The second kappa shape index (κ2) is 13.3. The van der Waals surface area contributed by atoms with E-state index in [1.807, 2.05) is 24.3 Å². The lowest BCUT2D eigenvalue weighted by Crippen LogP contribution is -2.44. The summed E-state index contributed by atoms with van der Waals surface area (Å²) >= 11 is 3.37. The van der Waals surface area contributed by atoms with Crippen molar-refractivity contribution in [3.8, 4) is 0 Å². The van der Waals surface area contributed by atoms with Gasteiger partial charge in [0.05, 0.1) is 13.2 Å². The molecule has 146 valence electrons. The van der Waals surface area contributed by atoms with Crippen LogP contribution in [0.1, 0.15) is 6.42 Å². The minimum Gasteiger partial charge on any atom is -0.379 e. The van der Waals surface area contributed by atoms with Gasteiger partial charge >= 0.3 is 0 Å². The van der Waals surface area contributed by atoms with Gasteiger partial charge in [-0.05, 0) is 24.3 Å². The van der Waals surface area contributed by atoms with Crippen LogP contribution in [0.2, 0.25) is 0 Å². The first-order valence-corrected chi connectivity index (χ1v) is 9.26. The highest BCUT2D eigenvalue weighted by Crippen LogP contribution is 2.14. The number of guanidine groups is 1. The van der Waals surface area contributed by atoms with Gasteiger partial charge in [-0.3, -0.25) is 14.7 Å². The van der Waals surface area contributed by atoms with Crippen LogP contribution >= 0.6 is 39.9 Å². The van der Waals surface area contributed by atoms with Crippen LogP contribution in [-0.4, -0.2) is 69.8 Å². The van der Waals surface area contributed by atoms with Crippen LogP contribution in [0.3, 0.4) is 0 Å². The fraction of sp³-hybridized carbons (Fsp3) is 0.529. The standard InChI is InChI=1S/C17H26BrN5O2.HI/c1-19-17(21-8-9-23-10-12-25-13-11-23)20-7-6-16(24)22-15-4-2-14(18)3-5-15;/h2-5H,6-13H2,1H3,(H,22,24)(H2,19,20,21);1H. The Hall–Kier alpha value is -0.910. The Labute approximate surface area is 180 Å². The molecule has 1 amide bonds. The van der Waals surface area contributed by atoms with E-state index in [9.17, 15) is 4.79 Å². The van der Waals surface area contributed by atoms with Gasteiger partial charge in [0.2, 0.25) is 5.91 Å². The van der Waals surface area contributed by atoms with Gasteiger partial charge in [0.25, 0.3) is 0 Å². The number of benzene rings is 1. The smallest absolute Gasteiger partial charge is 0.226 e. The summed E-state index contributed by atoms with van der Waals surface area (Å²) in [7, 11) is 1.73. The van der Waals surface area contributed by atoms with Gasteiger partial charge < -0.3 is 20.7 Å². The summed E-state index contributed by atoms with van der Waals surface area (Å²) in [5, 5.41) is 9.29. The van der Waals surface area contributed by atoms with Crippen molar-refractivity contribution < 1.29 is 9.53 Å². The molecule has 1 aliphatic rings. The summed E-state index contributed by atoms with van der Waals surface area (Å²) in [6.07, 6.45) is 0.375. The molecule has 1 aromatic carbocycles. The summed E-state index contributed by atoms with van der Waals surface area (Å²) in [4.78, 5) is 18.5. The molecule has 1 saturated heterocycles. The molecule has 1 aromatic rings. The van der Waals surface area contributed by atoms with E-state index in [0.717, 1.165) is 49.6 Å². The third-order valence-electron chi connectivity index (χ3n) is 3.82. The average molecular weight is 540 g/mol. The molecule has 9 heteroatoms. The summed E-state index contributed by atoms with van der Waals surface area (Å²) in [5.41, 5.74) is 0.793. The van der Waals surface area contributed by atoms with Crippen LogP contribution in [-0.2, 0) is 9.53 Å². The number of aliphatic imine (C=N–C) groups is 1. The number of nitrogens with one attached hydrogen (secondary N) is 3. The molecule has 3 N–H and O–H groups in total. The molecule has 0 spiro atoms. The van der Waals surface area contributed by atoms with Gasteiger partial charge in [-0.2, -0.15) is 0 Å². The lowest BCUT2D eigenvalue weighted by atomic mass is 10.3. The minimum absolute atomic E-state index is 0. The van der Waals surface area contributed by atoms with Crippen molar-refractivity contribution in [2.45, 2.75) is 6.42 Å². The highest BCUT2D eigenvalue weighted by molar-refractivity contribution is 14.0. The van der Waals surface area contributed by atoms with E-state index in [-0.39, 0.29) is 29.9 Å². The number of carbonyl (C=O) groups excluding carboxylic acids is 1.